The molecular weight excluding hydrogens is 345 g/mol. The van der Waals surface area contributed by atoms with Crippen molar-refractivity contribution < 1.29 is 4.79 Å². The molecule has 1 N–H and O–H groups in total. The summed E-state index contributed by atoms with van der Waals surface area (Å²) in [7, 11) is 0. The molecular formula is C18H17Cl2N3O. The number of amides is 1. The van der Waals surface area contributed by atoms with Crippen molar-refractivity contribution in [1.82, 2.24) is 14.9 Å². The highest BCUT2D eigenvalue weighted by molar-refractivity contribution is 6.39. The molecule has 0 fully saturated rings. The lowest BCUT2D eigenvalue weighted by atomic mass is 10.1. The topological polar surface area (TPSA) is 49.0 Å². The van der Waals surface area contributed by atoms with Crippen LogP contribution in [-0.2, 0) is 0 Å². The molecule has 0 radical (unpaired) electrons. The Bertz CT molecular complexity index is 880. The molecule has 0 aliphatic rings. The third-order valence-electron chi connectivity index (χ3n) is 3.98. The molecule has 0 saturated heterocycles. The molecule has 6 heteroatoms. The van der Waals surface area contributed by atoms with Crippen LogP contribution < -0.4 is 0 Å². The van der Waals surface area contributed by atoms with E-state index in [4.69, 9.17) is 23.2 Å². The lowest BCUT2D eigenvalue weighted by molar-refractivity contribution is 0.0773. The highest BCUT2D eigenvalue weighted by Gasteiger charge is 2.16. The Hall–Kier alpha value is -2.04. The van der Waals surface area contributed by atoms with Crippen molar-refractivity contribution in [3.63, 3.8) is 0 Å². The lowest BCUT2D eigenvalue weighted by Crippen LogP contribution is -2.30. The zero-order valence-electron chi connectivity index (χ0n) is 13.4. The number of fused-ring (bicyclic) bond motifs is 1. The summed E-state index contributed by atoms with van der Waals surface area (Å²) in [6.45, 7) is 5.29. The molecule has 3 aromatic rings. The number of imidazole rings is 1. The highest BCUT2D eigenvalue weighted by Crippen LogP contribution is 2.33. The summed E-state index contributed by atoms with van der Waals surface area (Å²) < 4.78 is 0. The zero-order chi connectivity index (χ0) is 17.3. The maximum Gasteiger partial charge on any atom is 0.253 e. The van der Waals surface area contributed by atoms with Gasteiger partial charge >= 0.3 is 0 Å². The predicted molar refractivity (Wildman–Crippen MR) is 98.8 cm³/mol. The van der Waals surface area contributed by atoms with E-state index in [9.17, 15) is 4.79 Å². The molecule has 0 saturated carbocycles. The molecule has 124 valence electrons. The number of benzene rings is 2. The predicted octanol–water partition coefficient (Wildman–Crippen LogP) is 5.02. The fourth-order valence-electron chi connectivity index (χ4n) is 2.68. The van der Waals surface area contributed by atoms with Crippen molar-refractivity contribution in [3.05, 3.63) is 52.0 Å². The Morgan fingerprint density at radius 1 is 1.12 bits per heavy atom. The Balaban J connectivity index is 2.05. The number of aromatic nitrogens is 2. The fraction of sp³-hybridized carbons (Fsp3) is 0.222. The van der Waals surface area contributed by atoms with Crippen molar-refractivity contribution in [2.24, 2.45) is 0 Å². The largest absolute Gasteiger partial charge is 0.339 e. The average Bonchev–Trinajstić information content (AvgIpc) is 2.98. The van der Waals surface area contributed by atoms with Gasteiger partial charge in [0.1, 0.15) is 5.82 Å². The number of aromatic amines is 1. The third kappa shape index (κ3) is 2.99. The summed E-state index contributed by atoms with van der Waals surface area (Å²) in [5.74, 6) is 0.599. The van der Waals surface area contributed by atoms with Gasteiger partial charge < -0.3 is 9.88 Å². The van der Waals surface area contributed by atoms with Crippen LogP contribution in [0.5, 0.6) is 0 Å². The van der Waals surface area contributed by atoms with Gasteiger partial charge in [-0.05, 0) is 44.2 Å². The smallest absolute Gasteiger partial charge is 0.253 e. The van der Waals surface area contributed by atoms with Crippen LogP contribution >= 0.6 is 23.2 Å². The molecule has 3 rings (SSSR count). The van der Waals surface area contributed by atoms with Crippen molar-refractivity contribution in [1.29, 1.82) is 0 Å². The Labute approximate surface area is 150 Å². The van der Waals surface area contributed by atoms with Crippen LogP contribution in [0.15, 0.2) is 36.4 Å². The van der Waals surface area contributed by atoms with E-state index in [1.165, 1.54) is 0 Å². The summed E-state index contributed by atoms with van der Waals surface area (Å²) in [5, 5.41) is 1.06. The maximum absolute atomic E-state index is 12.5. The van der Waals surface area contributed by atoms with Gasteiger partial charge in [0.25, 0.3) is 5.91 Å². The van der Waals surface area contributed by atoms with Crippen molar-refractivity contribution in [3.8, 4) is 11.4 Å². The van der Waals surface area contributed by atoms with Crippen LogP contribution in [0.1, 0.15) is 24.2 Å². The van der Waals surface area contributed by atoms with Crippen LogP contribution in [0.2, 0.25) is 10.0 Å². The first kappa shape index (κ1) is 16.8. The van der Waals surface area contributed by atoms with Gasteiger partial charge in [-0.3, -0.25) is 4.79 Å². The second-order valence-electron chi connectivity index (χ2n) is 5.39. The number of rotatable bonds is 4. The second kappa shape index (κ2) is 6.83. The van der Waals surface area contributed by atoms with Crippen LogP contribution in [0.4, 0.5) is 0 Å². The summed E-state index contributed by atoms with van der Waals surface area (Å²) in [5.41, 5.74) is 2.83. The van der Waals surface area contributed by atoms with Gasteiger partial charge in [0.05, 0.1) is 26.6 Å². The monoisotopic (exact) mass is 361 g/mol. The Morgan fingerprint density at radius 3 is 2.42 bits per heavy atom. The van der Waals surface area contributed by atoms with E-state index in [1.54, 1.807) is 29.2 Å². The van der Waals surface area contributed by atoms with Crippen LogP contribution in [0, 0.1) is 0 Å². The molecule has 2 aromatic carbocycles. The van der Waals surface area contributed by atoms with Gasteiger partial charge in [-0.2, -0.15) is 0 Å². The number of nitrogens with zero attached hydrogens (tertiary/aromatic N) is 2. The van der Waals surface area contributed by atoms with E-state index in [2.05, 4.69) is 9.97 Å². The van der Waals surface area contributed by atoms with E-state index in [0.717, 1.165) is 11.0 Å². The second-order valence-corrected chi connectivity index (χ2v) is 6.21. The number of H-pyrrole nitrogens is 1. The lowest BCUT2D eigenvalue weighted by Gasteiger charge is -2.18. The van der Waals surface area contributed by atoms with Crippen LogP contribution in [-0.4, -0.2) is 33.9 Å². The minimum Gasteiger partial charge on any atom is -0.339 e. The molecule has 24 heavy (non-hydrogen) atoms. The van der Waals surface area contributed by atoms with E-state index >= 15 is 0 Å². The molecule has 4 nitrogen and oxygen atoms in total. The van der Waals surface area contributed by atoms with Gasteiger partial charge in [-0.1, -0.05) is 29.3 Å². The molecule has 1 aromatic heterocycles. The number of hydrogen-bond acceptors (Lipinski definition) is 2. The van der Waals surface area contributed by atoms with Crippen LogP contribution in [0.3, 0.4) is 0 Å². The summed E-state index contributed by atoms with van der Waals surface area (Å²) in [6, 6.07) is 10.8. The fourth-order valence-corrected chi connectivity index (χ4v) is 3.25. The molecule has 1 heterocycles. The SMILES string of the molecule is CCN(CC)C(=O)c1ccc2nc(-c3c(Cl)cccc3Cl)[nH]c2c1. The molecule has 0 unspecified atom stereocenters. The third-order valence-corrected chi connectivity index (χ3v) is 4.61. The van der Waals surface area contributed by atoms with Gasteiger partial charge in [0.15, 0.2) is 0 Å². The molecule has 0 aliphatic heterocycles. The van der Waals surface area contributed by atoms with E-state index in [1.807, 2.05) is 26.0 Å². The van der Waals surface area contributed by atoms with E-state index < -0.39 is 0 Å². The summed E-state index contributed by atoms with van der Waals surface area (Å²) in [4.78, 5) is 22.0. The molecule has 0 atom stereocenters. The number of carbonyl (C=O) groups excluding carboxylic acids is 1. The first-order valence-electron chi connectivity index (χ1n) is 7.78. The number of carbonyl (C=O) groups is 1. The molecule has 0 aliphatic carbocycles. The summed E-state index contributed by atoms with van der Waals surface area (Å²) in [6.07, 6.45) is 0. The van der Waals surface area contributed by atoms with Gasteiger partial charge in [0.2, 0.25) is 0 Å². The van der Waals surface area contributed by atoms with E-state index in [-0.39, 0.29) is 5.91 Å². The van der Waals surface area contributed by atoms with Gasteiger partial charge in [-0.15, -0.1) is 0 Å². The van der Waals surface area contributed by atoms with Crippen molar-refractivity contribution in [2.75, 3.05) is 13.1 Å². The average molecular weight is 362 g/mol. The maximum atomic E-state index is 12.5. The highest BCUT2D eigenvalue weighted by atomic mass is 35.5. The van der Waals surface area contributed by atoms with Gasteiger partial charge in [-0.25, -0.2) is 4.98 Å². The molecule has 0 bridgehead atoms. The normalized spacial score (nSPS) is 11.0. The number of hydrogen-bond donors (Lipinski definition) is 1. The minimum atomic E-state index is 0.00817. The molecule has 1 amide bonds. The summed E-state index contributed by atoms with van der Waals surface area (Å²) >= 11 is 12.5. The van der Waals surface area contributed by atoms with Crippen molar-refractivity contribution in [2.45, 2.75) is 13.8 Å². The van der Waals surface area contributed by atoms with Crippen LogP contribution in [0.25, 0.3) is 22.4 Å². The number of nitrogens with one attached hydrogen (secondary N) is 1. The standard InChI is InChI=1S/C18H17Cl2N3O/c1-3-23(4-2)18(24)11-8-9-14-15(10-11)22-17(21-14)16-12(19)6-5-7-13(16)20/h5-10H,3-4H2,1-2H3,(H,21,22). The van der Waals surface area contributed by atoms with Gasteiger partial charge in [0, 0.05) is 18.7 Å². The number of halogens is 2. The Morgan fingerprint density at radius 2 is 1.79 bits per heavy atom. The molecule has 0 spiro atoms. The Kier molecular flexibility index (Phi) is 4.78. The van der Waals surface area contributed by atoms with E-state index in [0.29, 0.717) is 40.1 Å². The first-order chi connectivity index (χ1) is 11.5. The minimum absolute atomic E-state index is 0.00817. The zero-order valence-corrected chi connectivity index (χ0v) is 14.9. The first-order valence-corrected chi connectivity index (χ1v) is 8.54. The quantitative estimate of drug-likeness (QED) is 0.709. The van der Waals surface area contributed by atoms with Crippen molar-refractivity contribution >= 4 is 40.1 Å².